The lowest BCUT2D eigenvalue weighted by atomic mass is 10.2. The van der Waals surface area contributed by atoms with Crippen LogP contribution in [0.4, 0.5) is 0 Å². The van der Waals surface area contributed by atoms with E-state index in [0.717, 1.165) is 15.4 Å². The Kier molecular flexibility index (Phi) is 3.36. The Labute approximate surface area is 97.2 Å². The third-order valence-corrected chi connectivity index (χ3v) is 3.60. The Morgan fingerprint density at radius 3 is 2.67 bits per heavy atom. The zero-order valence-corrected chi connectivity index (χ0v) is 9.55. The van der Waals surface area contributed by atoms with Crippen LogP contribution >= 0.6 is 22.9 Å². The molecule has 78 valence electrons. The fourth-order valence-corrected chi connectivity index (χ4v) is 2.59. The molecule has 1 aromatic heterocycles. The van der Waals surface area contributed by atoms with Crippen LogP contribution in [0.1, 0.15) is 4.88 Å². The highest BCUT2D eigenvalue weighted by Crippen LogP contribution is 2.30. The third kappa shape index (κ3) is 2.37. The molecule has 1 aromatic carbocycles. The van der Waals surface area contributed by atoms with Crippen molar-refractivity contribution in [3.63, 3.8) is 0 Å². The summed E-state index contributed by atoms with van der Waals surface area (Å²) in [7, 11) is 0. The molecule has 2 aromatic rings. The van der Waals surface area contributed by atoms with Gasteiger partial charge in [0.1, 0.15) is 10.2 Å². The molecule has 0 atom stereocenters. The second-order valence-corrected chi connectivity index (χ2v) is 4.51. The van der Waals surface area contributed by atoms with Crippen LogP contribution in [0.3, 0.4) is 0 Å². The number of nitrogens with zero attached hydrogens (tertiary/aromatic N) is 1. The van der Waals surface area contributed by atoms with Gasteiger partial charge in [0.15, 0.2) is 0 Å². The van der Waals surface area contributed by atoms with E-state index < -0.39 is 0 Å². The highest BCUT2D eigenvalue weighted by Gasteiger charge is 2.09. The van der Waals surface area contributed by atoms with Crippen molar-refractivity contribution < 1.29 is 5.11 Å². The standard InChI is InChI=1S/C11H10ClNOS/c12-10-9(6-7-14)15-11(13-10)8-4-2-1-3-5-8/h1-5,14H,6-7H2. The van der Waals surface area contributed by atoms with Crippen LogP contribution < -0.4 is 0 Å². The number of benzene rings is 1. The molecule has 0 amide bonds. The van der Waals surface area contributed by atoms with Gasteiger partial charge in [0.05, 0.1) is 0 Å². The van der Waals surface area contributed by atoms with E-state index in [-0.39, 0.29) is 6.61 Å². The molecule has 0 spiro atoms. The monoisotopic (exact) mass is 239 g/mol. The molecule has 1 heterocycles. The van der Waals surface area contributed by atoms with Crippen molar-refractivity contribution in [3.8, 4) is 10.6 Å². The van der Waals surface area contributed by atoms with Crippen molar-refractivity contribution in [2.24, 2.45) is 0 Å². The number of halogens is 1. The predicted molar refractivity (Wildman–Crippen MR) is 63.3 cm³/mol. The van der Waals surface area contributed by atoms with Crippen LogP contribution in [0, 0.1) is 0 Å². The number of thiazole rings is 1. The number of rotatable bonds is 3. The van der Waals surface area contributed by atoms with Crippen molar-refractivity contribution >= 4 is 22.9 Å². The molecule has 0 bridgehead atoms. The zero-order chi connectivity index (χ0) is 10.7. The molecule has 1 N–H and O–H groups in total. The second kappa shape index (κ2) is 4.75. The molecule has 0 unspecified atom stereocenters. The first-order valence-electron chi connectivity index (χ1n) is 4.62. The molecular weight excluding hydrogens is 230 g/mol. The van der Waals surface area contributed by atoms with Crippen LogP contribution in [0.5, 0.6) is 0 Å². The van der Waals surface area contributed by atoms with E-state index in [4.69, 9.17) is 16.7 Å². The minimum absolute atomic E-state index is 0.107. The highest BCUT2D eigenvalue weighted by molar-refractivity contribution is 7.15. The smallest absolute Gasteiger partial charge is 0.143 e. The quantitative estimate of drug-likeness (QED) is 0.893. The Bertz CT molecular complexity index is 441. The van der Waals surface area contributed by atoms with Gasteiger partial charge in [-0.2, -0.15) is 0 Å². The lowest BCUT2D eigenvalue weighted by Crippen LogP contribution is -1.86. The zero-order valence-electron chi connectivity index (χ0n) is 7.98. The normalized spacial score (nSPS) is 10.5. The van der Waals surface area contributed by atoms with Crippen LogP contribution in [-0.2, 0) is 6.42 Å². The lowest BCUT2D eigenvalue weighted by Gasteiger charge is -1.92. The van der Waals surface area contributed by atoms with Crippen LogP contribution in [0.15, 0.2) is 30.3 Å². The molecule has 0 radical (unpaired) electrons. The average molecular weight is 240 g/mol. The van der Waals surface area contributed by atoms with Crippen LogP contribution in [-0.4, -0.2) is 16.7 Å². The van der Waals surface area contributed by atoms with E-state index in [2.05, 4.69) is 4.98 Å². The first-order chi connectivity index (χ1) is 7.31. The number of aliphatic hydroxyl groups is 1. The fourth-order valence-electron chi connectivity index (χ4n) is 1.29. The Morgan fingerprint density at radius 1 is 1.27 bits per heavy atom. The maximum Gasteiger partial charge on any atom is 0.143 e. The minimum Gasteiger partial charge on any atom is -0.396 e. The topological polar surface area (TPSA) is 33.1 Å². The van der Waals surface area contributed by atoms with E-state index >= 15 is 0 Å². The SMILES string of the molecule is OCCc1sc(-c2ccccc2)nc1Cl. The molecule has 15 heavy (non-hydrogen) atoms. The van der Waals surface area contributed by atoms with E-state index in [1.54, 1.807) is 0 Å². The van der Waals surface area contributed by atoms with Crippen LogP contribution in [0.2, 0.25) is 5.15 Å². The molecule has 4 heteroatoms. The summed E-state index contributed by atoms with van der Waals surface area (Å²) in [6, 6.07) is 9.90. The van der Waals surface area contributed by atoms with Gasteiger partial charge in [-0.25, -0.2) is 4.98 Å². The van der Waals surface area contributed by atoms with Gasteiger partial charge in [0.25, 0.3) is 0 Å². The average Bonchev–Trinajstić information content (AvgIpc) is 2.63. The first-order valence-corrected chi connectivity index (χ1v) is 5.82. The Morgan fingerprint density at radius 2 is 2.00 bits per heavy atom. The highest BCUT2D eigenvalue weighted by atomic mass is 35.5. The molecule has 0 aliphatic heterocycles. The van der Waals surface area contributed by atoms with Gasteiger partial charge in [-0.05, 0) is 0 Å². The van der Waals surface area contributed by atoms with Crippen molar-refractivity contribution in [2.45, 2.75) is 6.42 Å². The Balaban J connectivity index is 2.34. The maximum atomic E-state index is 8.84. The summed E-state index contributed by atoms with van der Waals surface area (Å²) >= 11 is 7.50. The lowest BCUT2D eigenvalue weighted by molar-refractivity contribution is 0.300. The second-order valence-electron chi connectivity index (χ2n) is 3.07. The van der Waals surface area contributed by atoms with Gasteiger partial charge < -0.3 is 5.11 Å². The summed E-state index contributed by atoms with van der Waals surface area (Å²) in [4.78, 5) is 5.21. The summed E-state index contributed by atoms with van der Waals surface area (Å²) in [5.41, 5.74) is 1.06. The molecule has 2 nitrogen and oxygen atoms in total. The number of aliphatic hydroxyl groups excluding tert-OH is 1. The number of hydrogen-bond acceptors (Lipinski definition) is 3. The molecule has 0 saturated carbocycles. The molecule has 0 aliphatic rings. The van der Waals surface area contributed by atoms with Gasteiger partial charge in [0, 0.05) is 23.5 Å². The van der Waals surface area contributed by atoms with Gasteiger partial charge in [0.2, 0.25) is 0 Å². The summed E-state index contributed by atoms with van der Waals surface area (Å²) in [6.07, 6.45) is 0.573. The molecule has 0 aliphatic carbocycles. The van der Waals surface area contributed by atoms with E-state index in [1.165, 1.54) is 11.3 Å². The van der Waals surface area contributed by atoms with Crippen LogP contribution in [0.25, 0.3) is 10.6 Å². The minimum atomic E-state index is 0.107. The van der Waals surface area contributed by atoms with E-state index in [1.807, 2.05) is 30.3 Å². The van der Waals surface area contributed by atoms with Gasteiger partial charge in [-0.1, -0.05) is 41.9 Å². The Hall–Kier alpha value is -0.900. The fraction of sp³-hybridized carbons (Fsp3) is 0.182. The van der Waals surface area contributed by atoms with Crippen molar-refractivity contribution in [1.82, 2.24) is 4.98 Å². The number of aromatic nitrogens is 1. The third-order valence-electron chi connectivity index (χ3n) is 2.01. The largest absolute Gasteiger partial charge is 0.396 e. The summed E-state index contributed by atoms with van der Waals surface area (Å²) in [5, 5.41) is 10.3. The summed E-state index contributed by atoms with van der Waals surface area (Å²) in [6.45, 7) is 0.107. The molecule has 0 saturated heterocycles. The number of hydrogen-bond donors (Lipinski definition) is 1. The molecule has 0 fully saturated rings. The van der Waals surface area contributed by atoms with Gasteiger partial charge in [-0.15, -0.1) is 11.3 Å². The van der Waals surface area contributed by atoms with E-state index in [0.29, 0.717) is 11.6 Å². The van der Waals surface area contributed by atoms with Crippen molar-refractivity contribution in [3.05, 3.63) is 40.4 Å². The summed E-state index contributed by atoms with van der Waals surface area (Å²) in [5.74, 6) is 0. The maximum absolute atomic E-state index is 8.84. The van der Waals surface area contributed by atoms with Gasteiger partial charge in [-0.3, -0.25) is 0 Å². The van der Waals surface area contributed by atoms with E-state index in [9.17, 15) is 0 Å². The van der Waals surface area contributed by atoms with Gasteiger partial charge >= 0.3 is 0 Å². The molecule has 2 rings (SSSR count). The summed E-state index contributed by atoms with van der Waals surface area (Å²) < 4.78 is 0. The predicted octanol–water partition coefficient (Wildman–Crippen LogP) is 3.00. The molecular formula is C11H10ClNOS. The van der Waals surface area contributed by atoms with Crippen molar-refractivity contribution in [1.29, 1.82) is 0 Å². The first kappa shape index (κ1) is 10.6. The van der Waals surface area contributed by atoms with Crippen molar-refractivity contribution in [2.75, 3.05) is 6.61 Å².